The average Bonchev–Trinajstić information content (AvgIpc) is 3.20. The van der Waals surface area contributed by atoms with Crippen molar-refractivity contribution < 1.29 is 18.8 Å². The number of imide groups is 1. The van der Waals surface area contributed by atoms with Crippen LogP contribution in [0.2, 0.25) is 5.02 Å². The number of carbonyl (C=O) groups excluding carboxylic acids is 3. The van der Waals surface area contributed by atoms with E-state index in [9.17, 15) is 18.8 Å². The Morgan fingerprint density at radius 2 is 1.72 bits per heavy atom. The highest BCUT2D eigenvalue weighted by Gasteiger charge is 2.65. The molecule has 4 atom stereocenters. The van der Waals surface area contributed by atoms with Gasteiger partial charge in [-0.05, 0) is 51.1 Å². The molecule has 2 aromatic carbocycles. The van der Waals surface area contributed by atoms with Crippen LogP contribution in [-0.2, 0) is 9.59 Å². The van der Waals surface area contributed by atoms with Gasteiger partial charge in [-0.2, -0.15) is 0 Å². The minimum absolute atomic E-state index is 0.285. The van der Waals surface area contributed by atoms with Crippen LogP contribution in [0.15, 0.2) is 48.5 Å². The van der Waals surface area contributed by atoms with Gasteiger partial charge in [0.1, 0.15) is 11.9 Å². The second-order valence-corrected chi connectivity index (χ2v) is 9.89. The summed E-state index contributed by atoms with van der Waals surface area (Å²) in [6, 6.07) is 9.59. The molecule has 2 saturated heterocycles. The third-order valence-corrected chi connectivity index (χ3v) is 6.88. The van der Waals surface area contributed by atoms with E-state index < -0.39 is 35.3 Å². The Hall–Kier alpha value is -2.99. The van der Waals surface area contributed by atoms with E-state index in [-0.39, 0.29) is 22.6 Å². The Morgan fingerprint density at radius 1 is 1.03 bits per heavy atom. The predicted octanol–water partition coefficient (Wildman–Crippen LogP) is 4.35. The van der Waals surface area contributed by atoms with Gasteiger partial charge in [0.05, 0.1) is 22.9 Å². The zero-order valence-electron chi connectivity index (χ0n) is 17.9. The van der Waals surface area contributed by atoms with Crippen LogP contribution in [0.4, 0.5) is 10.1 Å². The zero-order valence-corrected chi connectivity index (χ0v) is 18.6. The molecule has 7 heteroatoms. The summed E-state index contributed by atoms with van der Waals surface area (Å²) in [6.45, 7) is 5.42. The molecule has 2 amide bonds. The second-order valence-electron chi connectivity index (χ2n) is 9.48. The summed E-state index contributed by atoms with van der Waals surface area (Å²) >= 11 is 6.34. The number of likely N-dealkylation sites (tertiary alicyclic amines) is 1. The minimum Gasteiger partial charge on any atom is -0.352 e. The standard InChI is InChI=1S/C25H22ClFN2O3/c1-25(2,3)29-23(31)19-18-10-8-13-12-14(27)9-11-17(13)28(18)21(20(19)24(29)32)22(30)15-6-4-5-7-16(15)26/h4-12,18-21H,1-3H3/t18-,19-,20-,21-/m0/s1. The highest BCUT2D eigenvalue weighted by molar-refractivity contribution is 6.34. The highest BCUT2D eigenvalue weighted by atomic mass is 35.5. The number of ketones is 1. The van der Waals surface area contributed by atoms with Gasteiger partial charge in [-0.15, -0.1) is 0 Å². The number of halogens is 2. The van der Waals surface area contributed by atoms with Gasteiger partial charge < -0.3 is 4.90 Å². The predicted molar refractivity (Wildman–Crippen MR) is 120 cm³/mol. The Labute approximate surface area is 190 Å². The average molecular weight is 453 g/mol. The summed E-state index contributed by atoms with van der Waals surface area (Å²) in [5.41, 5.74) is 0.819. The van der Waals surface area contributed by atoms with Crippen LogP contribution in [0.5, 0.6) is 0 Å². The van der Waals surface area contributed by atoms with Gasteiger partial charge in [-0.3, -0.25) is 19.3 Å². The monoisotopic (exact) mass is 452 g/mol. The number of Topliss-reactive ketones (excluding diaryl/α,β-unsaturated/α-hetero) is 1. The first-order valence-corrected chi connectivity index (χ1v) is 10.9. The van der Waals surface area contributed by atoms with Crippen molar-refractivity contribution in [2.75, 3.05) is 4.90 Å². The van der Waals surface area contributed by atoms with Crippen LogP contribution in [0.25, 0.3) is 6.08 Å². The van der Waals surface area contributed by atoms with Gasteiger partial charge in [-0.25, -0.2) is 4.39 Å². The molecule has 0 spiro atoms. The van der Waals surface area contributed by atoms with Gasteiger partial charge >= 0.3 is 0 Å². The van der Waals surface area contributed by atoms with E-state index >= 15 is 0 Å². The molecule has 5 nitrogen and oxygen atoms in total. The van der Waals surface area contributed by atoms with Crippen LogP contribution >= 0.6 is 11.6 Å². The van der Waals surface area contributed by atoms with Crippen molar-refractivity contribution in [1.82, 2.24) is 4.90 Å². The number of benzene rings is 2. The Kier molecular flexibility index (Phi) is 4.57. The minimum atomic E-state index is -0.928. The lowest BCUT2D eigenvalue weighted by Crippen LogP contribution is -2.52. The van der Waals surface area contributed by atoms with E-state index in [2.05, 4.69) is 0 Å². The van der Waals surface area contributed by atoms with E-state index in [1.807, 2.05) is 4.90 Å². The number of hydrogen-bond donors (Lipinski definition) is 0. The maximum absolute atomic E-state index is 13.9. The van der Waals surface area contributed by atoms with Crippen molar-refractivity contribution in [3.8, 4) is 0 Å². The molecule has 164 valence electrons. The smallest absolute Gasteiger partial charge is 0.236 e. The summed E-state index contributed by atoms with van der Waals surface area (Å²) in [6.07, 6.45) is 3.56. The van der Waals surface area contributed by atoms with Gasteiger partial charge in [0.2, 0.25) is 11.8 Å². The quantitative estimate of drug-likeness (QED) is 0.502. The molecule has 3 heterocycles. The van der Waals surface area contributed by atoms with E-state index in [0.717, 1.165) is 0 Å². The third kappa shape index (κ3) is 2.85. The molecule has 3 aliphatic rings. The second kappa shape index (κ2) is 7.01. The topological polar surface area (TPSA) is 57.7 Å². The third-order valence-electron chi connectivity index (χ3n) is 6.55. The fourth-order valence-corrected chi connectivity index (χ4v) is 5.55. The summed E-state index contributed by atoms with van der Waals surface area (Å²) in [7, 11) is 0. The summed E-state index contributed by atoms with van der Waals surface area (Å²) in [4.78, 5) is 44.0. The fraction of sp³-hybridized carbons (Fsp3) is 0.320. The first kappa shape index (κ1) is 20.9. The fourth-order valence-electron chi connectivity index (χ4n) is 5.33. The molecule has 2 fully saturated rings. The zero-order chi connectivity index (χ0) is 22.9. The Bertz CT molecular complexity index is 1200. The summed E-state index contributed by atoms with van der Waals surface area (Å²) < 4.78 is 13.9. The van der Waals surface area contributed by atoms with Gasteiger partial charge in [0.15, 0.2) is 5.78 Å². The molecule has 0 N–H and O–H groups in total. The van der Waals surface area contributed by atoms with Crippen LogP contribution in [0.3, 0.4) is 0 Å². The largest absolute Gasteiger partial charge is 0.352 e. The number of carbonyl (C=O) groups is 3. The van der Waals surface area contributed by atoms with Gasteiger partial charge in [0, 0.05) is 22.4 Å². The summed E-state index contributed by atoms with van der Waals surface area (Å²) in [5, 5.41) is 0.286. The maximum atomic E-state index is 13.9. The molecule has 0 aliphatic carbocycles. The van der Waals surface area contributed by atoms with Crippen molar-refractivity contribution in [2.24, 2.45) is 11.8 Å². The summed E-state index contributed by atoms with van der Waals surface area (Å²) in [5.74, 6) is -2.91. The van der Waals surface area contributed by atoms with Crippen LogP contribution in [0, 0.1) is 17.7 Å². The lowest BCUT2D eigenvalue weighted by Gasteiger charge is -2.38. The van der Waals surface area contributed by atoms with E-state index in [0.29, 0.717) is 16.8 Å². The molecular weight excluding hydrogens is 431 g/mol. The van der Waals surface area contributed by atoms with E-state index in [4.69, 9.17) is 11.6 Å². The molecule has 0 radical (unpaired) electrons. The molecule has 5 rings (SSSR count). The first-order valence-electron chi connectivity index (χ1n) is 10.5. The molecule has 0 unspecified atom stereocenters. The van der Waals surface area contributed by atoms with Crippen LogP contribution in [0.1, 0.15) is 36.7 Å². The number of nitrogens with zero attached hydrogens (tertiary/aromatic N) is 2. The van der Waals surface area contributed by atoms with E-state index in [1.54, 1.807) is 63.3 Å². The molecule has 0 saturated carbocycles. The van der Waals surface area contributed by atoms with Crippen molar-refractivity contribution in [2.45, 2.75) is 38.4 Å². The Morgan fingerprint density at radius 3 is 2.41 bits per heavy atom. The lowest BCUT2D eigenvalue weighted by atomic mass is 9.86. The van der Waals surface area contributed by atoms with Gasteiger partial charge in [-0.1, -0.05) is 35.9 Å². The Balaban J connectivity index is 1.70. The number of anilines is 1. The highest BCUT2D eigenvalue weighted by Crippen LogP contribution is 2.50. The molecule has 0 bridgehead atoms. The van der Waals surface area contributed by atoms with E-state index in [1.165, 1.54) is 17.0 Å². The number of amides is 2. The lowest BCUT2D eigenvalue weighted by molar-refractivity contribution is -0.145. The molecule has 0 aromatic heterocycles. The number of rotatable bonds is 2. The van der Waals surface area contributed by atoms with Crippen LogP contribution in [-0.4, -0.2) is 40.1 Å². The molecule has 32 heavy (non-hydrogen) atoms. The van der Waals surface area contributed by atoms with Crippen molar-refractivity contribution in [3.05, 3.63) is 70.5 Å². The maximum Gasteiger partial charge on any atom is 0.236 e. The van der Waals surface area contributed by atoms with Crippen LogP contribution < -0.4 is 4.90 Å². The van der Waals surface area contributed by atoms with Crippen molar-refractivity contribution >= 4 is 41.0 Å². The number of hydrogen-bond acceptors (Lipinski definition) is 4. The van der Waals surface area contributed by atoms with Gasteiger partial charge in [0.25, 0.3) is 0 Å². The molecular formula is C25H22ClFN2O3. The number of fused-ring (bicyclic) bond motifs is 5. The first-order chi connectivity index (χ1) is 15.1. The SMILES string of the molecule is CC(C)(C)N1C(=O)[C@@H]2[C@H](C1=O)[C@@H](C(=O)c1ccccc1Cl)N1c3ccc(F)cc3C=C[C@@H]21. The molecule has 2 aromatic rings. The van der Waals surface area contributed by atoms with Crippen molar-refractivity contribution in [1.29, 1.82) is 0 Å². The van der Waals surface area contributed by atoms with Crippen molar-refractivity contribution in [3.63, 3.8) is 0 Å². The normalized spacial score (nSPS) is 26.3. The molecule has 3 aliphatic heterocycles.